The minimum atomic E-state index is 0.381. The number of piperidine rings is 1. The Kier molecular flexibility index (Phi) is 5.67. The summed E-state index contributed by atoms with van der Waals surface area (Å²) in [6.07, 6.45) is 8.36. The van der Waals surface area contributed by atoms with Crippen molar-refractivity contribution in [2.24, 2.45) is 17.1 Å². The average Bonchev–Trinajstić information content (AvgIpc) is 2.39. The number of nitrogens with zero attached hydrogens (tertiary/aromatic N) is 1. The normalized spacial score (nSPS) is 37.4. The summed E-state index contributed by atoms with van der Waals surface area (Å²) in [5.74, 6) is 0.852. The molecule has 0 radical (unpaired) electrons. The van der Waals surface area contributed by atoms with E-state index < -0.39 is 0 Å². The molecule has 19 heavy (non-hydrogen) atoms. The smallest absolute Gasteiger partial charge is 0.0702 e. The topological polar surface area (TPSA) is 38.5 Å². The van der Waals surface area contributed by atoms with Crippen molar-refractivity contribution in [3.8, 4) is 0 Å². The average molecular weight is 268 g/mol. The van der Waals surface area contributed by atoms with Crippen LogP contribution in [0.15, 0.2) is 0 Å². The number of hydrogen-bond donors (Lipinski definition) is 1. The van der Waals surface area contributed by atoms with E-state index in [2.05, 4.69) is 18.7 Å². The van der Waals surface area contributed by atoms with E-state index in [1.165, 1.54) is 51.6 Å². The predicted molar refractivity (Wildman–Crippen MR) is 80.2 cm³/mol. The molecule has 1 saturated heterocycles. The summed E-state index contributed by atoms with van der Waals surface area (Å²) in [5.41, 5.74) is 6.53. The Hall–Kier alpha value is -0.120. The lowest BCUT2D eigenvalue weighted by Crippen LogP contribution is -2.49. The first kappa shape index (κ1) is 15.3. The molecule has 2 N–H and O–H groups in total. The van der Waals surface area contributed by atoms with Gasteiger partial charge < -0.3 is 15.4 Å². The molecule has 3 unspecified atom stereocenters. The highest BCUT2D eigenvalue weighted by Gasteiger charge is 2.36. The second kappa shape index (κ2) is 7.05. The maximum atomic E-state index is 6.15. The molecule has 1 saturated carbocycles. The Morgan fingerprint density at radius 1 is 1.32 bits per heavy atom. The molecule has 0 bridgehead atoms. The van der Waals surface area contributed by atoms with Crippen molar-refractivity contribution in [3.63, 3.8) is 0 Å². The summed E-state index contributed by atoms with van der Waals surface area (Å²) in [6, 6.07) is 0. The van der Waals surface area contributed by atoms with Crippen LogP contribution in [-0.4, -0.2) is 43.8 Å². The molecule has 2 rings (SSSR count). The highest BCUT2D eigenvalue weighted by Crippen LogP contribution is 2.39. The minimum Gasteiger partial charge on any atom is -0.377 e. The van der Waals surface area contributed by atoms with Crippen LogP contribution in [0.3, 0.4) is 0 Å². The molecule has 3 nitrogen and oxygen atoms in total. The van der Waals surface area contributed by atoms with Gasteiger partial charge in [0.1, 0.15) is 0 Å². The van der Waals surface area contributed by atoms with Crippen molar-refractivity contribution in [2.45, 2.75) is 58.5 Å². The lowest BCUT2D eigenvalue weighted by atomic mass is 9.69. The zero-order valence-corrected chi connectivity index (χ0v) is 12.9. The van der Waals surface area contributed by atoms with Crippen LogP contribution in [0.5, 0.6) is 0 Å². The van der Waals surface area contributed by atoms with Crippen molar-refractivity contribution in [1.29, 1.82) is 0 Å². The highest BCUT2D eigenvalue weighted by molar-refractivity contribution is 4.90. The second-order valence-electron chi connectivity index (χ2n) is 6.86. The summed E-state index contributed by atoms with van der Waals surface area (Å²) in [6.45, 7) is 9.73. The van der Waals surface area contributed by atoms with E-state index in [-0.39, 0.29) is 0 Å². The molecule has 1 aliphatic heterocycles. The first-order valence-corrected chi connectivity index (χ1v) is 8.21. The van der Waals surface area contributed by atoms with Crippen LogP contribution in [0.2, 0.25) is 0 Å². The van der Waals surface area contributed by atoms with Gasteiger partial charge in [0.05, 0.1) is 6.10 Å². The van der Waals surface area contributed by atoms with E-state index in [9.17, 15) is 0 Å². The predicted octanol–water partition coefficient (Wildman–Crippen LogP) is 2.64. The number of nitrogens with two attached hydrogens (primary N) is 1. The number of likely N-dealkylation sites (tertiary alicyclic amines) is 1. The van der Waals surface area contributed by atoms with Gasteiger partial charge in [0.25, 0.3) is 0 Å². The standard InChI is InChI=1S/C16H32N2O/c1-3-19-15-7-5-9-18(11-15)13-16(12-17)8-4-6-14(2)10-16/h14-15H,3-13,17H2,1-2H3. The maximum absolute atomic E-state index is 6.15. The van der Waals surface area contributed by atoms with Gasteiger partial charge in [-0.1, -0.05) is 19.8 Å². The molecule has 3 atom stereocenters. The van der Waals surface area contributed by atoms with Crippen molar-refractivity contribution in [1.82, 2.24) is 4.90 Å². The zero-order valence-electron chi connectivity index (χ0n) is 12.9. The molecule has 2 aliphatic rings. The van der Waals surface area contributed by atoms with Crippen LogP contribution in [0.4, 0.5) is 0 Å². The molecular formula is C16H32N2O. The number of hydrogen-bond acceptors (Lipinski definition) is 3. The van der Waals surface area contributed by atoms with Gasteiger partial charge in [-0.2, -0.15) is 0 Å². The Morgan fingerprint density at radius 3 is 2.84 bits per heavy atom. The van der Waals surface area contributed by atoms with Gasteiger partial charge >= 0.3 is 0 Å². The van der Waals surface area contributed by atoms with Crippen LogP contribution in [-0.2, 0) is 4.74 Å². The molecule has 0 aromatic heterocycles. The summed E-state index contributed by atoms with van der Waals surface area (Å²) >= 11 is 0. The SMILES string of the molecule is CCOC1CCCN(CC2(CN)CCCC(C)C2)C1. The fourth-order valence-electron chi connectivity index (χ4n) is 4.17. The molecular weight excluding hydrogens is 236 g/mol. The molecule has 0 amide bonds. The Labute approximate surface area is 118 Å². The van der Waals surface area contributed by atoms with E-state index in [4.69, 9.17) is 10.5 Å². The van der Waals surface area contributed by atoms with Gasteiger partial charge in [0, 0.05) is 19.7 Å². The first-order valence-electron chi connectivity index (χ1n) is 8.21. The zero-order chi connectivity index (χ0) is 13.7. The van der Waals surface area contributed by atoms with Crippen LogP contribution < -0.4 is 5.73 Å². The maximum Gasteiger partial charge on any atom is 0.0702 e. The fraction of sp³-hybridized carbons (Fsp3) is 1.00. The third-order valence-electron chi connectivity index (χ3n) is 5.04. The molecule has 112 valence electrons. The lowest BCUT2D eigenvalue weighted by Gasteiger charge is -2.44. The van der Waals surface area contributed by atoms with Crippen LogP contribution in [0.1, 0.15) is 52.4 Å². The van der Waals surface area contributed by atoms with Crippen molar-refractivity contribution >= 4 is 0 Å². The summed E-state index contributed by atoms with van der Waals surface area (Å²) < 4.78 is 5.82. The van der Waals surface area contributed by atoms with Gasteiger partial charge in [-0.3, -0.25) is 0 Å². The number of rotatable bonds is 5. The molecule has 1 aliphatic carbocycles. The van der Waals surface area contributed by atoms with E-state index in [1.807, 2.05) is 0 Å². The van der Waals surface area contributed by atoms with Gasteiger partial charge in [-0.25, -0.2) is 0 Å². The van der Waals surface area contributed by atoms with Gasteiger partial charge in [-0.15, -0.1) is 0 Å². The van der Waals surface area contributed by atoms with Crippen molar-refractivity contribution < 1.29 is 4.74 Å². The minimum absolute atomic E-state index is 0.381. The van der Waals surface area contributed by atoms with Crippen LogP contribution in [0, 0.1) is 11.3 Å². The molecule has 3 heteroatoms. The molecule has 0 aromatic carbocycles. The summed E-state index contributed by atoms with van der Waals surface area (Å²) in [7, 11) is 0. The summed E-state index contributed by atoms with van der Waals surface area (Å²) in [5, 5.41) is 0. The van der Waals surface area contributed by atoms with Crippen molar-refractivity contribution in [3.05, 3.63) is 0 Å². The monoisotopic (exact) mass is 268 g/mol. The van der Waals surface area contributed by atoms with E-state index in [0.717, 1.165) is 25.6 Å². The largest absolute Gasteiger partial charge is 0.377 e. The molecule has 0 spiro atoms. The van der Waals surface area contributed by atoms with E-state index in [0.29, 0.717) is 11.5 Å². The van der Waals surface area contributed by atoms with Crippen LogP contribution in [0.25, 0.3) is 0 Å². The Morgan fingerprint density at radius 2 is 2.16 bits per heavy atom. The van der Waals surface area contributed by atoms with Crippen LogP contribution >= 0.6 is 0 Å². The number of ether oxygens (including phenoxy) is 1. The van der Waals surface area contributed by atoms with Gasteiger partial charge in [-0.05, 0) is 57.0 Å². The Balaban J connectivity index is 1.90. The molecule has 2 fully saturated rings. The third-order valence-corrected chi connectivity index (χ3v) is 5.04. The van der Waals surface area contributed by atoms with Gasteiger partial charge in [0.2, 0.25) is 0 Å². The first-order chi connectivity index (χ1) is 9.17. The van der Waals surface area contributed by atoms with E-state index >= 15 is 0 Å². The fourth-order valence-corrected chi connectivity index (χ4v) is 4.17. The van der Waals surface area contributed by atoms with Crippen molar-refractivity contribution in [2.75, 3.05) is 32.8 Å². The van der Waals surface area contributed by atoms with E-state index in [1.54, 1.807) is 0 Å². The van der Waals surface area contributed by atoms with Gasteiger partial charge in [0.15, 0.2) is 0 Å². The second-order valence-corrected chi connectivity index (χ2v) is 6.86. The molecule has 1 heterocycles. The molecule has 0 aromatic rings. The third kappa shape index (κ3) is 4.17. The quantitative estimate of drug-likeness (QED) is 0.833. The summed E-state index contributed by atoms with van der Waals surface area (Å²) in [4.78, 5) is 2.62. The lowest BCUT2D eigenvalue weighted by molar-refractivity contribution is -0.0134. The Bertz CT molecular complexity index is 269. The highest BCUT2D eigenvalue weighted by atomic mass is 16.5.